The zero-order valence-corrected chi connectivity index (χ0v) is 17.9. The van der Waals surface area contributed by atoms with Crippen molar-refractivity contribution in [3.8, 4) is 11.5 Å². The lowest BCUT2D eigenvalue weighted by Gasteiger charge is -2.17. The van der Waals surface area contributed by atoms with E-state index in [-0.39, 0.29) is 42.0 Å². The average molecular weight is 436 g/mol. The van der Waals surface area contributed by atoms with Crippen LogP contribution in [0.2, 0.25) is 0 Å². The first kappa shape index (κ1) is 20.3. The van der Waals surface area contributed by atoms with Crippen LogP contribution in [-0.2, 0) is 20.9 Å². The fourth-order valence-corrected chi connectivity index (χ4v) is 5.25. The molecule has 9 nitrogen and oxygen atoms in total. The number of benzene rings is 1. The number of ether oxygens (including phenoxy) is 2. The summed E-state index contributed by atoms with van der Waals surface area (Å²) < 4.78 is 12.4. The summed E-state index contributed by atoms with van der Waals surface area (Å²) in [6, 6.07) is 7.20. The van der Waals surface area contributed by atoms with Crippen molar-refractivity contribution in [1.29, 1.82) is 0 Å². The van der Waals surface area contributed by atoms with Gasteiger partial charge in [0.1, 0.15) is 12.4 Å². The molecule has 2 fully saturated rings. The van der Waals surface area contributed by atoms with Gasteiger partial charge in [-0.2, -0.15) is 5.10 Å². The Morgan fingerprint density at radius 1 is 1.09 bits per heavy atom. The van der Waals surface area contributed by atoms with Crippen LogP contribution in [0.5, 0.6) is 11.5 Å². The van der Waals surface area contributed by atoms with Crippen molar-refractivity contribution in [2.75, 3.05) is 26.1 Å². The molecule has 3 amide bonds. The summed E-state index contributed by atoms with van der Waals surface area (Å²) in [6.07, 6.45) is 6.50. The zero-order valence-electron chi connectivity index (χ0n) is 17.9. The van der Waals surface area contributed by atoms with E-state index in [4.69, 9.17) is 9.47 Å². The van der Waals surface area contributed by atoms with E-state index in [1.54, 1.807) is 37.2 Å². The van der Waals surface area contributed by atoms with E-state index in [0.29, 0.717) is 23.9 Å². The highest BCUT2D eigenvalue weighted by Crippen LogP contribution is 2.52. The third kappa shape index (κ3) is 3.16. The summed E-state index contributed by atoms with van der Waals surface area (Å²) in [5, 5.41) is 7.06. The van der Waals surface area contributed by atoms with Gasteiger partial charge in [-0.15, -0.1) is 0 Å². The molecule has 1 aromatic carbocycles. The Morgan fingerprint density at radius 2 is 1.81 bits per heavy atom. The number of nitrogens with zero attached hydrogens (tertiary/aromatic N) is 3. The van der Waals surface area contributed by atoms with Gasteiger partial charge in [0.25, 0.3) is 0 Å². The summed E-state index contributed by atoms with van der Waals surface area (Å²) in [7, 11) is 3.13. The smallest absolute Gasteiger partial charge is 0.245 e. The first-order chi connectivity index (χ1) is 15.5. The molecule has 9 heteroatoms. The van der Waals surface area contributed by atoms with Crippen LogP contribution in [0.3, 0.4) is 0 Å². The lowest BCUT2D eigenvalue weighted by Crippen LogP contribution is -2.39. The van der Waals surface area contributed by atoms with Crippen molar-refractivity contribution in [2.45, 2.75) is 13.0 Å². The van der Waals surface area contributed by atoms with Gasteiger partial charge in [0.15, 0.2) is 11.5 Å². The maximum Gasteiger partial charge on any atom is 0.245 e. The van der Waals surface area contributed by atoms with Gasteiger partial charge in [-0.05, 0) is 24.3 Å². The Bertz CT molecular complexity index is 1090. The number of imide groups is 1. The minimum atomic E-state index is -0.439. The number of amides is 3. The molecule has 1 saturated heterocycles. The van der Waals surface area contributed by atoms with Gasteiger partial charge in [0.2, 0.25) is 17.7 Å². The summed E-state index contributed by atoms with van der Waals surface area (Å²) in [4.78, 5) is 39.5. The van der Waals surface area contributed by atoms with Crippen molar-refractivity contribution in [1.82, 2.24) is 14.7 Å². The zero-order chi connectivity index (χ0) is 22.4. The lowest BCUT2D eigenvalue weighted by atomic mass is 9.85. The molecule has 2 aromatic rings. The average Bonchev–Trinajstić information content (AvgIpc) is 3.56. The summed E-state index contributed by atoms with van der Waals surface area (Å²) in [5.74, 6) is 0.361. The third-order valence-electron chi connectivity index (χ3n) is 6.65. The van der Waals surface area contributed by atoms with Gasteiger partial charge in [-0.3, -0.25) is 19.3 Å². The van der Waals surface area contributed by atoms with Crippen LogP contribution in [-0.4, -0.2) is 53.2 Å². The number of allylic oxidation sites excluding steroid dienone is 2. The van der Waals surface area contributed by atoms with E-state index < -0.39 is 5.91 Å². The number of fused-ring (bicyclic) bond motifs is 5. The largest absolute Gasteiger partial charge is 0.493 e. The Morgan fingerprint density at radius 3 is 2.47 bits per heavy atom. The molecule has 3 aliphatic rings. The molecule has 0 radical (unpaired) electrons. The minimum Gasteiger partial charge on any atom is -0.493 e. The van der Waals surface area contributed by atoms with Crippen molar-refractivity contribution < 1.29 is 23.9 Å². The van der Waals surface area contributed by atoms with Crippen molar-refractivity contribution >= 4 is 23.5 Å². The van der Waals surface area contributed by atoms with Crippen LogP contribution in [0, 0.1) is 23.7 Å². The normalized spacial score (nSPS) is 25.4. The number of para-hydroxylation sites is 1. The lowest BCUT2D eigenvalue weighted by molar-refractivity contribution is -0.143. The molecule has 32 heavy (non-hydrogen) atoms. The maximum atomic E-state index is 12.8. The van der Waals surface area contributed by atoms with Crippen molar-refractivity contribution in [3.05, 3.63) is 48.2 Å². The molecule has 0 spiro atoms. The Hall–Kier alpha value is -3.62. The predicted octanol–water partition coefficient (Wildman–Crippen LogP) is 1.69. The second-order valence-corrected chi connectivity index (χ2v) is 8.34. The Labute approximate surface area is 185 Å². The predicted molar refractivity (Wildman–Crippen MR) is 114 cm³/mol. The topological polar surface area (TPSA) is 103 Å². The van der Waals surface area contributed by atoms with Crippen LogP contribution < -0.4 is 14.8 Å². The number of rotatable bonds is 7. The molecule has 4 unspecified atom stereocenters. The number of carbonyl (C=O) groups excluding carboxylic acids is 3. The van der Waals surface area contributed by atoms with Crippen molar-refractivity contribution in [2.24, 2.45) is 23.7 Å². The first-order valence-electron chi connectivity index (χ1n) is 10.6. The fraction of sp³-hybridized carbons (Fsp3) is 0.391. The Kier molecular flexibility index (Phi) is 4.96. The van der Waals surface area contributed by atoms with Crippen LogP contribution >= 0.6 is 0 Å². The number of anilines is 1. The summed E-state index contributed by atoms with van der Waals surface area (Å²) in [6.45, 7) is 0.0432. The fourth-order valence-electron chi connectivity index (χ4n) is 5.25. The van der Waals surface area contributed by atoms with Crippen molar-refractivity contribution in [3.63, 3.8) is 0 Å². The molecule has 4 atom stereocenters. The van der Waals surface area contributed by atoms with Gasteiger partial charge in [0.05, 0.1) is 38.8 Å². The second-order valence-electron chi connectivity index (χ2n) is 8.34. The van der Waals surface area contributed by atoms with Crippen LogP contribution in [0.1, 0.15) is 12.0 Å². The van der Waals surface area contributed by atoms with Gasteiger partial charge >= 0.3 is 0 Å². The molecule has 2 bridgehead atoms. The quantitative estimate of drug-likeness (QED) is 0.524. The van der Waals surface area contributed by atoms with Gasteiger partial charge < -0.3 is 14.8 Å². The number of hydrogen-bond donors (Lipinski definition) is 1. The molecule has 166 valence electrons. The standard InChI is InChI=1S/C23H24N4O5/c1-31-16-5-3-4-15(21(16)32-2)11-27-17(8-9-24-27)25-18(28)12-26-22(29)19-13-6-7-14(10-13)20(19)23(26)30/h3-9,13-14,19-20H,10-12H2,1-2H3,(H,25,28). The van der Waals surface area contributed by atoms with E-state index in [1.807, 2.05) is 24.3 Å². The molecule has 1 saturated carbocycles. The molecule has 2 aliphatic carbocycles. The SMILES string of the molecule is COc1cccc(Cn2nccc2NC(=O)CN2C(=O)C3C4C=CC(C4)C3C2=O)c1OC. The summed E-state index contributed by atoms with van der Waals surface area (Å²) in [5.41, 5.74) is 0.826. The van der Waals surface area contributed by atoms with Crippen LogP contribution in [0.4, 0.5) is 5.82 Å². The van der Waals surface area contributed by atoms with E-state index in [0.717, 1.165) is 16.9 Å². The molecule has 1 aliphatic heterocycles. The van der Waals surface area contributed by atoms with Crippen LogP contribution in [0.25, 0.3) is 0 Å². The highest BCUT2D eigenvalue weighted by molar-refractivity contribution is 6.09. The number of nitrogens with one attached hydrogen (secondary N) is 1. The van der Waals surface area contributed by atoms with Crippen LogP contribution in [0.15, 0.2) is 42.6 Å². The Balaban J connectivity index is 1.28. The molecule has 2 heterocycles. The third-order valence-corrected chi connectivity index (χ3v) is 6.65. The number of likely N-dealkylation sites (tertiary alicyclic amines) is 1. The monoisotopic (exact) mass is 436 g/mol. The molecule has 5 rings (SSSR count). The second kappa shape index (κ2) is 7.81. The number of methoxy groups -OCH3 is 2. The number of hydrogen-bond acceptors (Lipinski definition) is 6. The number of aromatic nitrogens is 2. The highest BCUT2D eigenvalue weighted by atomic mass is 16.5. The number of carbonyl (C=O) groups is 3. The molecule has 1 aromatic heterocycles. The van der Waals surface area contributed by atoms with E-state index in [9.17, 15) is 14.4 Å². The maximum absolute atomic E-state index is 12.8. The highest BCUT2D eigenvalue weighted by Gasteiger charge is 2.59. The molecule has 1 N–H and O–H groups in total. The van der Waals surface area contributed by atoms with E-state index in [1.165, 1.54) is 0 Å². The van der Waals surface area contributed by atoms with E-state index in [2.05, 4.69) is 10.4 Å². The summed E-state index contributed by atoms with van der Waals surface area (Å²) >= 11 is 0. The van der Waals surface area contributed by atoms with Gasteiger partial charge in [0, 0.05) is 11.6 Å². The molecular formula is C23H24N4O5. The molecular weight excluding hydrogens is 412 g/mol. The minimum absolute atomic E-state index is 0.119. The first-order valence-corrected chi connectivity index (χ1v) is 10.6. The van der Waals surface area contributed by atoms with E-state index >= 15 is 0 Å². The van der Waals surface area contributed by atoms with Gasteiger partial charge in [-0.1, -0.05) is 24.3 Å². The van der Waals surface area contributed by atoms with Gasteiger partial charge in [-0.25, -0.2) is 4.68 Å².